The molecule has 0 radical (unpaired) electrons. The van der Waals surface area contributed by atoms with Crippen LogP contribution < -0.4 is 17.2 Å². The number of thiazole rings is 1. The van der Waals surface area contributed by atoms with Crippen molar-refractivity contribution in [3.8, 4) is 0 Å². The number of nitrogens with two attached hydrogens (primary N) is 3. The first-order chi connectivity index (χ1) is 6.72. The minimum Gasteiger partial charge on any atom is -0.370 e. The van der Waals surface area contributed by atoms with E-state index in [2.05, 4.69) is 9.98 Å². The van der Waals surface area contributed by atoms with Crippen molar-refractivity contribution >= 4 is 22.4 Å². The Kier molecular flexibility index (Phi) is 4.34. The minimum atomic E-state index is 0.0489. The lowest BCUT2D eigenvalue weighted by atomic mass is 10.2. The average molecular weight is 213 g/mol. The Morgan fingerprint density at radius 3 is 2.86 bits per heavy atom. The van der Waals surface area contributed by atoms with Crippen molar-refractivity contribution in [2.24, 2.45) is 22.2 Å². The summed E-state index contributed by atoms with van der Waals surface area (Å²) >= 11 is 1.45. The van der Waals surface area contributed by atoms with Crippen LogP contribution in [-0.2, 0) is 6.42 Å². The lowest BCUT2D eigenvalue weighted by molar-refractivity contribution is 0.735. The summed E-state index contributed by atoms with van der Waals surface area (Å²) in [5, 5.41) is 2.59. The number of nitrogens with zero attached hydrogens (tertiary/aromatic N) is 2. The molecule has 0 aliphatic rings. The molecule has 0 aliphatic heterocycles. The Bertz CT molecular complexity index is 302. The normalized spacial score (nSPS) is 10.1. The molecule has 0 aromatic carbocycles. The molecule has 6 N–H and O–H groups in total. The summed E-state index contributed by atoms with van der Waals surface area (Å²) < 4.78 is 0. The third-order valence-electron chi connectivity index (χ3n) is 1.65. The maximum Gasteiger partial charge on any atom is 0.212 e. The van der Waals surface area contributed by atoms with Crippen molar-refractivity contribution in [1.29, 1.82) is 0 Å². The van der Waals surface area contributed by atoms with Crippen LogP contribution in [0.15, 0.2) is 10.4 Å². The zero-order chi connectivity index (χ0) is 10.4. The van der Waals surface area contributed by atoms with Crippen molar-refractivity contribution < 1.29 is 0 Å². The van der Waals surface area contributed by atoms with Gasteiger partial charge in [-0.25, -0.2) is 4.98 Å². The van der Waals surface area contributed by atoms with E-state index >= 15 is 0 Å². The van der Waals surface area contributed by atoms with E-state index in [4.69, 9.17) is 17.2 Å². The second-order valence-corrected chi connectivity index (χ2v) is 3.74. The smallest absolute Gasteiger partial charge is 0.212 e. The van der Waals surface area contributed by atoms with Crippen molar-refractivity contribution in [3.63, 3.8) is 0 Å². The van der Waals surface area contributed by atoms with Gasteiger partial charge >= 0.3 is 0 Å². The molecule has 5 nitrogen and oxygen atoms in total. The highest BCUT2D eigenvalue weighted by atomic mass is 32.1. The van der Waals surface area contributed by atoms with Gasteiger partial charge in [-0.05, 0) is 25.8 Å². The van der Waals surface area contributed by atoms with Crippen LogP contribution in [0, 0.1) is 0 Å². The number of guanidine groups is 1. The van der Waals surface area contributed by atoms with Crippen molar-refractivity contribution in [2.45, 2.75) is 19.3 Å². The predicted molar refractivity (Wildman–Crippen MR) is 59.6 cm³/mol. The lowest BCUT2D eigenvalue weighted by Crippen LogP contribution is -2.21. The highest BCUT2D eigenvalue weighted by Crippen LogP contribution is 2.19. The average Bonchev–Trinajstić information content (AvgIpc) is 2.52. The van der Waals surface area contributed by atoms with E-state index in [1.54, 1.807) is 0 Å². The van der Waals surface area contributed by atoms with E-state index < -0.39 is 0 Å². The number of aryl methyl sites for hydroxylation is 1. The first kappa shape index (κ1) is 10.9. The molecular formula is C8H15N5S. The Morgan fingerprint density at radius 2 is 2.21 bits per heavy atom. The number of aromatic nitrogens is 1. The molecule has 14 heavy (non-hydrogen) atoms. The summed E-state index contributed by atoms with van der Waals surface area (Å²) in [7, 11) is 0. The molecule has 0 bridgehead atoms. The summed E-state index contributed by atoms with van der Waals surface area (Å²) in [6.07, 6.45) is 3.02. The van der Waals surface area contributed by atoms with Gasteiger partial charge in [-0.15, -0.1) is 11.3 Å². The number of rotatable bonds is 5. The Hall–Kier alpha value is -1.14. The Balaban J connectivity index is 2.47. The second kappa shape index (κ2) is 5.56. The topological polar surface area (TPSA) is 103 Å². The number of aliphatic imine (C=N–C) groups is 1. The first-order valence-corrected chi connectivity index (χ1v) is 5.34. The molecule has 0 saturated carbocycles. The van der Waals surface area contributed by atoms with Gasteiger partial charge in [-0.3, -0.25) is 0 Å². The minimum absolute atomic E-state index is 0.0489. The summed E-state index contributed by atoms with van der Waals surface area (Å²) in [4.78, 5) is 8.12. The molecule has 1 heterocycles. The Labute approximate surface area is 87.0 Å². The highest BCUT2D eigenvalue weighted by molar-refractivity contribution is 7.13. The van der Waals surface area contributed by atoms with Gasteiger partial charge in [0.15, 0.2) is 5.96 Å². The maximum atomic E-state index is 5.39. The van der Waals surface area contributed by atoms with Crippen LogP contribution in [0.25, 0.3) is 0 Å². The molecule has 1 rings (SSSR count). The lowest BCUT2D eigenvalue weighted by Gasteiger charge is -1.93. The molecule has 0 saturated heterocycles. The fraction of sp³-hybridized carbons (Fsp3) is 0.500. The van der Waals surface area contributed by atoms with E-state index in [-0.39, 0.29) is 5.96 Å². The zero-order valence-electron chi connectivity index (χ0n) is 7.94. The first-order valence-electron chi connectivity index (χ1n) is 4.46. The molecule has 0 amide bonds. The molecular weight excluding hydrogens is 198 g/mol. The van der Waals surface area contributed by atoms with Crippen molar-refractivity contribution in [3.05, 3.63) is 11.1 Å². The van der Waals surface area contributed by atoms with Gasteiger partial charge in [-0.1, -0.05) is 0 Å². The standard InChI is InChI=1S/C8H15N5S/c9-4-2-1-3-6-5-14-8(12-6)13-7(10)11/h5H,1-4,9H2,(H4,10,11,12,13). The summed E-state index contributed by atoms with van der Waals surface area (Å²) in [5.74, 6) is 0.0489. The van der Waals surface area contributed by atoms with Gasteiger partial charge in [0.1, 0.15) is 0 Å². The van der Waals surface area contributed by atoms with Crippen LogP contribution in [-0.4, -0.2) is 17.5 Å². The van der Waals surface area contributed by atoms with Crippen LogP contribution in [0.5, 0.6) is 0 Å². The molecule has 78 valence electrons. The molecule has 6 heteroatoms. The molecule has 0 atom stereocenters. The van der Waals surface area contributed by atoms with Crippen LogP contribution in [0.2, 0.25) is 0 Å². The zero-order valence-corrected chi connectivity index (χ0v) is 8.76. The molecule has 1 aromatic rings. The van der Waals surface area contributed by atoms with Gasteiger partial charge in [0, 0.05) is 5.38 Å². The predicted octanol–water partition coefficient (Wildman–Crippen LogP) is 0.329. The summed E-state index contributed by atoms with van der Waals surface area (Å²) in [6, 6.07) is 0. The summed E-state index contributed by atoms with van der Waals surface area (Å²) in [6.45, 7) is 0.727. The van der Waals surface area contributed by atoms with E-state index in [1.165, 1.54) is 11.3 Å². The van der Waals surface area contributed by atoms with Crippen molar-refractivity contribution in [2.75, 3.05) is 6.54 Å². The highest BCUT2D eigenvalue weighted by Gasteiger charge is 2.00. The molecule has 0 aliphatic carbocycles. The largest absolute Gasteiger partial charge is 0.370 e. The third-order valence-corrected chi connectivity index (χ3v) is 2.43. The molecule has 1 aromatic heterocycles. The Morgan fingerprint density at radius 1 is 1.43 bits per heavy atom. The number of hydrogen-bond donors (Lipinski definition) is 3. The van der Waals surface area contributed by atoms with Gasteiger partial charge in [0.2, 0.25) is 5.13 Å². The molecule has 0 spiro atoms. The fourth-order valence-corrected chi connectivity index (χ4v) is 1.76. The van der Waals surface area contributed by atoms with Crippen molar-refractivity contribution in [1.82, 2.24) is 4.98 Å². The van der Waals surface area contributed by atoms with Crippen LogP contribution >= 0.6 is 11.3 Å². The maximum absolute atomic E-state index is 5.39. The van der Waals surface area contributed by atoms with Gasteiger partial charge < -0.3 is 17.2 Å². The fourth-order valence-electron chi connectivity index (χ4n) is 1.02. The van der Waals surface area contributed by atoms with E-state index in [9.17, 15) is 0 Å². The van der Waals surface area contributed by atoms with E-state index in [0.29, 0.717) is 5.13 Å². The number of unbranched alkanes of at least 4 members (excludes halogenated alkanes) is 1. The van der Waals surface area contributed by atoms with E-state index in [1.807, 2.05) is 5.38 Å². The van der Waals surface area contributed by atoms with Crippen LogP contribution in [0.3, 0.4) is 0 Å². The number of hydrogen-bond acceptors (Lipinski definition) is 4. The van der Waals surface area contributed by atoms with E-state index in [0.717, 1.165) is 31.5 Å². The monoisotopic (exact) mass is 213 g/mol. The molecule has 0 unspecified atom stereocenters. The van der Waals surface area contributed by atoms with Crippen LogP contribution in [0.4, 0.5) is 5.13 Å². The quantitative estimate of drug-likeness (QED) is 0.372. The van der Waals surface area contributed by atoms with Crippen LogP contribution in [0.1, 0.15) is 18.5 Å². The summed E-state index contributed by atoms with van der Waals surface area (Å²) in [5.41, 5.74) is 16.9. The third kappa shape index (κ3) is 3.71. The van der Waals surface area contributed by atoms with Gasteiger partial charge in [0.25, 0.3) is 0 Å². The SMILES string of the molecule is NCCCCc1csc(N=C(N)N)n1. The van der Waals surface area contributed by atoms with Gasteiger partial charge in [-0.2, -0.15) is 4.99 Å². The molecule has 0 fully saturated rings. The van der Waals surface area contributed by atoms with Gasteiger partial charge in [0.05, 0.1) is 5.69 Å². The second-order valence-electron chi connectivity index (χ2n) is 2.90.